The molecule has 0 unspecified atom stereocenters. The topological polar surface area (TPSA) is 92.1 Å². The molecule has 25 heavy (non-hydrogen) atoms. The van der Waals surface area contributed by atoms with Crippen molar-refractivity contribution in [3.05, 3.63) is 36.7 Å². The lowest BCUT2D eigenvalue weighted by atomic mass is 10.3. The molecule has 1 saturated heterocycles. The lowest BCUT2D eigenvalue weighted by Gasteiger charge is -2.35. The standard InChI is InChI=1S/C16H18N8O/c1-22-14-13(20-21-22)15(18-11-17-14)23-7-9-24(10-8-23)16(25)19-12-5-3-2-4-6-12/h2-6,11H,7-10H2,1H3,(H,19,25). The summed E-state index contributed by atoms with van der Waals surface area (Å²) in [5.41, 5.74) is 2.19. The molecule has 4 rings (SSSR count). The minimum atomic E-state index is -0.0850. The van der Waals surface area contributed by atoms with Crippen molar-refractivity contribution in [1.82, 2.24) is 29.9 Å². The molecule has 3 aromatic rings. The normalized spacial score (nSPS) is 14.8. The van der Waals surface area contributed by atoms with Gasteiger partial charge in [-0.3, -0.25) is 0 Å². The molecule has 0 radical (unpaired) electrons. The Morgan fingerprint density at radius 2 is 1.84 bits per heavy atom. The average Bonchev–Trinajstić information content (AvgIpc) is 3.04. The second-order valence-electron chi connectivity index (χ2n) is 5.85. The third-order valence-electron chi connectivity index (χ3n) is 4.26. The summed E-state index contributed by atoms with van der Waals surface area (Å²) in [6.45, 7) is 2.60. The van der Waals surface area contributed by atoms with Crippen LogP contribution < -0.4 is 10.2 Å². The number of aromatic nitrogens is 5. The van der Waals surface area contributed by atoms with E-state index in [-0.39, 0.29) is 6.03 Å². The van der Waals surface area contributed by atoms with E-state index in [1.165, 1.54) is 6.33 Å². The smallest absolute Gasteiger partial charge is 0.321 e. The number of fused-ring (bicyclic) bond motifs is 1. The molecule has 0 spiro atoms. The lowest BCUT2D eigenvalue weighted by molar-refractivity contribution is 0.208. The second-order valence-corrected chi connectivity index (χ2v) is 5.85. The zero-order valence-corrected chi connectivity index (χ0v) is 13.8. The van der Waals surface area contributed by atoms with Crippen LogP contribution in [0.25, 0.3) is 11.2 Å². The van der Waals surface area contributed by atoms with E-state index in [4.69, 9.17) is 0 Å². The molecule has 2 aromatic heterocycles. The molecule has 0 saturated carbocycles. The van der Waals surface area contributed by atoms with Gasteiger partial charge in [-0.25, -0.2) is 19.4 Å². The minimum absolute atomic E-state index is 0.0850. The fourth-order valence-electron chi connectivity index (χ4n) is 2.92. The van der Waals surface area contributed by atoms with Crippen molar-refractivity contribution in [3.8, 4) is 0 Å². The molecule has 128 valence electrons. The third-order valence-corrected chi connectivity index (χ3v) is 4.26. The first kappa shape index (κ1) is 15.3. The Kier molecular flexibility index (Phi) is 3.88. The molecule has 1 aromatic carbocycles. The van der Waals surface area contributed by atoms with Gasteiger partial charge in [0.25, 0.3) is 0 Å². The molecular weight excluding hydrogens is 320 g/mol. The fraction of sp³-hybridized carbons (Fsp3) is 0.312. The van der Waals surface area contributed by atoms with Crippen LogP contribution in [0.5, 0.6) is 0 Å². The van der Waals surface area contributed by atoms with Crippen LogP contribution in [0.15, 0.2) is 36.7 Å². The second kappa shape index (κ2) is 6.34. The summed E-state index contributed by atoms with van der Waals surface area (Å²) < 4.78 is 1.63. The SMILES string of the molecule is Cn1nnc2c(N3CCN(C(=O)Nc4ccccc4)CC3)ncnc21. The number of aryl methyl sites for hydroxylation is 1. The number of anilines is 2. The molecule has 9 heteroatoms. The number of amides is 2. The molecule has 0 aliphatic carbocycles. The maximum atomic E-state index is 12.4. The first-order chi connectivity index (χ1) is 12.2. The summed E-state index contributed by atoms with van der Waals surface area (Å²) in [6.07, 6.45) is 1.52. The van der Waals surface area contributed by atoms with Gasteiger partial charge < -0.3 is 15.1 Å². The number of nitrogens with zero attached hydrogens (tertiary/aromatic N) is 7. The third kappa shape index (κ3) is 2.95. The van der Waals surface area contributed by atoms with Gasteiger partial charge in [0.2, 0.25) is 0 Å². The van der Waals surface area contributed by atoms with Crippen molar-refractivity contribution in [2.45, 2.75) is 0 Å². The van der Waals surface area contributed by atoms with Gasteiger partial charge in [0.1, 0.15) is 6.33 Å². The van der Waals surface area contributed by atoms with Crippen molar-refractivity contribution in [3.63, 3.8) is 0 Å². The van der Waals surface area contributed by atoms with E-state index in [2.05, 4.69) is 30.5 Å². The Morgan fingerprint density at radius 3 is 2.60 bits per heavy atom. The molecule has 9 nitrogen and oxygen atoms in total. The number of carbonyl (C=O) groups is 1. The highest BCUT2D eigenvalue weighted by Gasteiger charge is 2.24. The van der Waals surface area contributed by atoms with Crippen molar-refractivity contribution in [1.29, 1.82) is 0 Å². The number of nitrogens with one attached hydrogen (secondary N) is 1. The Bertz CT molecular complexity index is 886. The predicted molar refractivity (Wildman–Crippen MR) is 93.3 cm³/mol. The number of carbonyl (C=O) groups excluding carboxylic acids is 1. The minimum Gasteiger partial charge on any atom is -0.351 e. The van der Waals surface area contributed by atoms with Gasteiger partial charge in [0, 0.05) is 38.9 Å². The van der Waals surface area contributed by atoms with Gasteiger partial charge in [-0.15, -0.1) is 5.10 Å². The van der Waals surface area contributed by atoms with Crippen LogP contribution >= 0.6 is 0 Å². The molecule has 0 atom stereocenters. The predicted octanol–water partition coefficient (Wildman–Crippen LogP) is 1.11. The quantitative estimate of drug-likeness (QED) is 0.753. The van der Waals surface area contributed by atoms with Crippen LogP contribution in [-0.2, 0) is 7.05 Å². The number of urea groups is 1. The maximum absolute atomic E-state index is 12.4. The summed E-state index contributed by atoms with van der Waals surface area (Å²) in [4.78, 5) is 24.9. The zero-order chi connectivity index (χ0) is 17.2. The molecule has 1 N–H and O–H groups in total. The fourth-order valence-corrected chi connectivity index (χ4v) is 2.92. The van der Waals surface area contributed by atoms with Gasteiger partial charge in [-0.2, -0.15) is 0 Å². The first-order valence-electron chi connectivity index (χ1n) is 8.08. The highest BCUT2D eigenvalue weighted by Crippen LogP contribution is 2.21. The number of para-hydroxylation sites is 1. The van der Waals surface area contributed by atoms with Crippen LogP contribution in [0.3, 0.4) is 0 Å². The monoisotopic (exact) mass is 338 g/mol. The molecule has 1 aliphatic heterocycles. The highest BCUT2D eigenvalue weighted by molar-refractivity contribution is 5.89. The van der Waals surface area contributed by atoms with E-state index in [1.54, 1.807) is 16.6 Å². The number of benzene rings is 1. The Morgan fingerprint density at radius 1 is 1.08 bits per heavy atom. The van der Waals surface area contributed by atoms with Crippen LogP contribution in [0.4, 0.5) is 16.3 Å². The van der Waals surface area contributed by atoms with Crippen LogP contribution in [0.2, 0.25) is 0 Å². The molecule has 1 fully saturated rings. The molecule has 0 bridgehead atoms. The molecular formula is C16H18N8O. The molecule has 3 heterocycles. The van der Waals surface area contributed by atoms with Crippen molar-refractivity contribution < 1.29 is 4.79 Å². The van der Waals surface area contributed by atoms with Crippen LogP contribution in [0.1, 0.15) is 0 Å². The maximum Gasteiger partial charge on any atom is 0.321 e. The number of rotatable bonds is 2. The van der Waals surface area contributed by atoms with E-state index in [1.807, 2.05) is 30.3 Å². The summed E-state index contributed by atoms with van der Waals surface area (Å²) in [5.74, 6) is 0.765. The van der Waals surface area contributed by atoms with E-state index in [0.29, 0.717) is 37.3 Å². The van der Waals surface area contributed by atoms with Gasteiger partial charge in [0.05, 0.1) is 0 Å². The molecule has 2 amide bonds. The summed E-state index contributed by atoms with van der Waals surface area (Å²) >= 11 is 0. The highest BCUT2D eigenvalue weighted by atomic mass is 16.2. The summed E-state index contributed by atoms with van der Waals surface area (Å²) in [6, 6.07) is 9.38. The van der Waals surface area contributed by atoms with E-state index in [0.717, 1.165) is 11.5 Å². The van der Waals surface area contributed by atoms with Crippen LogP contribution in [-0.4, -0.2) is 62.1 Å². The largest absolute Gasteiger partial charge is 0.351 e. The van der Waals surface area contributed by atoms with Crippen LogP contribution in [0, 0.1) is 0 Å². The average molecular weight is 338 g/mol. The van der Waals surface area contributed by atoms with Gasteiger partial charge in [0.15, 0.2) is 17.0 Å². The number of hydrogen-bond donors (Lipinski definition) is 1. The first-order valence-corrected chi connectivity index (χ1v) is 8.08. The van der Waals surface area contributed by atoms with Gasteiger partial charge >= 0.3 is 6.03 Å². The number of hydrogen-bond acceptors (Lipinski definition) is 6. The Hall–Kier alpha value is -3.23. The summed E-state index contributed by atoms with van der Waals surface area (Å²) in [5, 5.41) is 11.1. The Labute approximate surface area is 144 Å². The lowest BCUT2D eigenvalue weighted by Crippen LogP contribution is -2.50. The van der Waals surface area contributed by atoms with E-state index < -0.39 is 0 Å². The number of piperazine rings is 1. The molecule has 1 aliphatic rings. The van der Waals surface area contributed by atoms with Crippen molar-refractivity contribution in [2.75, 3.05) is 36.4 Å². The van der Waals surface area contributed by atoms with E-state index in [9.17, 15) is 4.79 Å². The summed E-state index contributed by atoms with van der Waals surface area (Å²) in [7, 11) is 1.80. The van der Waals surface area contributed by atoms with Crippen molar-refractivity contribution >= 4 is 28.7 Å². The Balaban J connectivity index is 1.43. The van der Waals surface area contributed by atoms with E-state index >= 15 is 0 Å². The van der Waals surface area contributed by atoms with Gasteiger partial charge in [-0.05, 0) is 12.1 Å². The van der Waals surface area contributed by atoms with Crippen molar-refractivity contribution in [2.24, 2.45) is 7.05 Å². The zero-order valence-electron chi connectivity index (χ0n) is 13.8. The van der Waals surface area contributed by atoms with Gasteiger partial charge in [-0.1, -0.05) is 23.4 Å².